The number of aromatic nitrogens is 3. The molecule has 162 valence electrons. The van der Waals surface area contributed by atoms with Crippen LogP contribution in [0.25, 0.3) is 16.9 Å². The lowest BCUT2D eigenvalue weighted by Crippen LogP contribution is -2.25. The van der Waals surface area contributed by atoms with E-state index in [0.29, 0.717) is 40.1 Å². The summed E-state index contributed by atoms with van der Waals surface area (Å²) in [6, 6.07) is 19.8. The van der Waals surface area contributed by atoms with Gasteiger partial charge in [0, 0.05) is 22.8 Å². The van der Waals surface area contributed by atoms with Gasteiger partial charge < -0.3 is 14.8 Å². The molecule has 7 nitrogen and oxygen atoms in total. The largest absolute Gasteiger partial charge is 0.497 e. The molecule has 0 spiro atoms. The lowest BCUT2D eigenvalue weighted by atomic mass is 10.1. The van der Waals surface area contributed by atoms with Crippen LogP contribution in [-0.2, 0) is 6.54 Å². The van der Waals surface area contributed by atoms with Gasteiger partial charge in [-0.15, -0.1) is 0 Å². The summed E-state index contributed by atoms with van der Waals surface area (Å²) in [4.78, 5) is 17.3. The number of carbonyl (C=O) groups is 1. The van der Waals surface area contributed by atoms with E-state index >= 15 is 0 Å². The third kappa shape index (κ3) is 4.58. The van der Waals surface area contributed by atoms with Crippen molar-refractivity contribution in [3.8, 4) is 28.4 Å². The molecule has 2 aromatic heterocycles. The molecule has 4 aromatic rings. The average molecular weight is 449 g/mol. The summed E-state index contributed by atoms with van der Waals surface area (Å²) in [5, 5.41) is 8.20. The van der Waals surface area contributed by atoms with E-state index in [4.69, 9.17) is 26.2 Å². The molecule has 0 saturated carbocycles. The van der Waals surface area contributed by atoms with E-state index in [0.717, 1.165) is 11.3 Å². The number of carbonyl (C=O) groups excluding carboxylic acids is 1. The van der Waals surface area contributed by atoms with Gasteiger partial charge in [-0.1, -0.05) is 17.7 Å². The molecule has 1 N–H and O–H groups in total. The van der Waals surface area contributed by atoms with Gasteiger partial charge in [-0.05, 0) is 54.6 Å². The van der Waals surface area contributed by atoms with Crippen LogP contribution in [0.15, 0.2) is 72.9 Å². The Balaban J connectivity index is 1.73. The van der Waals surface area contributed by atoms with Crippen LogP contribution < -0.4 is 14.8 Å². The van der Waals surface area contributed by atoms with Gasteiger partial charge >= 0.3 is 0 Å². The minimum Gasteiger partial charge on any atom is -0.497 e. The van der Waals surface area contributed by atoms with Gasteiger partial charge in [-0.25, -0.2) is 4.68 Å². The van der Waals surface area contributed by atoms with Crippen LogP contribution in [0.4, 0.5) is 0 Å². The summed E-state index contributed by atoms with van der Waals surface area (Å²) < 4.78 is 12.4. The third-order valence-corrected chi connectivity index (χ3v) is 5.11. The van der Waals surface area contributed by atoms with Crippen LogP contribution in [0, 0.1) is 0 Å². The van der Waals surface area contributed by atoms with Gasteiger partial charge in [0.2, 0.25) is 0 Å². The van der Waals surface area contributed by atoms with Crippen molar-refractivity contribution in [2.45, 2.75) is 6.54 Å². The first-order valence-corrected chi connectivity index (χ1v) is 10.2. The van der Waals surface area contributed by atoms with Crippen LogP contribution in [0.3, 0.4) is 0 Å². The molecule has 2 heterocycles. The lowest BCUT2D eigenvalue weighted by molar-refractivity contribution is 0.0942. The molecule has 0 bridgehead atoms. The fraction of sp³-hybridized carbons (Fsp3) is 0.125. The smallest absolute Gasteiger partial charge is 0.270 e. The first kappa shape index (κ1) is 21.4. The van der Waals surface area contributed by atoms with E-state index in [2.05, 4.69) is 10.3 Å². The van der Waals surface area contributed by atoms with Crippen LogP contribution in [-0.4, -0.2) is 34.9 Å². The molecular formula is C24H21ClN4O3. The number of halogens is 1. The molecule has 0 atom stereocenters. The van der Waals surface area contributed by atoms with E-state index < -0.39 is 0 Å². The molecule has 0 unspecified atom stereocenters. The Morgan fingerprint density at radius 1 is 1.03 bits per heavy atom. The molecule has 0 aliphatic rings. The highest BCUT2D eigenvalue weighted by atomic mass is 35.5. The number of benzene rings is 2. The zero-order valence-corrected chi connectivity index (χ0v) is 18.3. The molecule has 0 aliphatic heterocycles. The molecule has 0 aliphatic carbocycles. The topological polar surface area (TPSA) is 78.3 Å². The van der Waals surface area contributed by atoms with Crippen LogP contribution in [0.5, 0.6) is 11.5 Å². The second-order valence-electron chi connectivity index (χ2n) is 6.87. The maximum Gasteiger partial charge on any atom is 0.270 e. The number of hydrogen-bond donors (Lipinski definition) is 1. The number of nitrogens with one attached hydrogen (secondary N) is 1. The summed E-state index contributed by atoms with van der Waals surface area (Å²) in [6.07, 6.45) is 1.69. The van der Waals surface area contributed by atoms with Gasteiger partial charge in [-0.3, -0.25) is 9.78 Å². The number of hydrogen-bond acceptors (Lipinski definition) is 5. The molecule has 0 fully saturated rings. The molecule has 1 amide bonds. The standard InChI is InChI=1S/C24H21ClN4O3/c1-31-19-10-11-20(23(13-19)32-2)21-14-22(24(30)27-15-17-5-3-4-12-26-17)29(28-21)18-8-6-16(25)7-9-18/h3-14H,15H2,1-2H3,(H,27,30). The maximum absolute atomic E-state index is 13.1. The number of nitrogens with zero attached hydrogens (tertiary/aromatic N) is 3. The van der Waals surface area contributed by atoms with Crippen LogP contribution in [0.1, 0.15) is 16.2 Å². The number of amides is 1. The first-order chi connectivity index (χ1) is 15.6. The minimum absolute atomic E-state index is 0.281. The Bertz CT molecular complexity index is 1220. The fourth-order valence-corrected chi connectivity index (χ4v) is 3.35. The zero-order valence-electron chi connectivity index (χ0n) is 17.6. The first-order valence-electron chi connectivity index (χ1n) is 9.85. The summed E-state index contributed by atoms with van der Waals surface area (Å²) in [7, 11) is 3.17. The van der Waals surface area contributed by atoms with E-state index in [1.807, 2.05) is 30.3 Å². The van der Waals surface area contributed by atoms with Crippen molar-refractivity contribution in [1.82, 2.24) is 20.1 Å². The Hall–Kier alpha value is -3.84. The van der Waals surface area contributed by atoms with E-state index in [-0.39, 0.29) is 5.91 Å². The highest BCUT2D eigenvalue weighted by Gasteiger charge is 2.20. The van der Waals surface area contributed by atoms with Crippen molar-refractivity contribution in [1.29, 1.82) is 0 Å². The highest BCUT2D eigenvalue weighted by Crippen LogP contribution is 2.33. The predicted molar refractivity (Wildman–Crippen MR) is 123 cm³/mol. The van der Waals surface area contributed by atoms with E-state index in [9.17, 15) is 4.79 Å². The summed E-state index contributed by atoms with van der Waals surface area (Å²) in [5.41, 5.74) is 3.16. The molecule has 0 radical (unpaired) electrons. The van der Waals surface area contributed by atoms with Gasteiger partial charge in [0.05, 0.1) is 37.8 Å². The van der Waals surface area contributed by atoms with Gasteiger partial charge in [-0.2, -0.15) is 5.10 Å². The minimum atomic E-state index is -0.281. The second kappa shape index (κ2) is 9.53. The van der Waals surface area contributed by atoms with Crippen molar-refractivity contribution < 1.29 is 14.3 Å². The van der Waals surface area contributed by atoms with Crippen molar-refractivity contribution in [3.05, 3.63) is 89.3 Å². The van der Waals surface area contributed by atoms with Crippen molar-refractivity contribution in [2.24, 2.45) is 0 Å². The van der Waals surface area contributed by atoms with E-state index in [1.165, 1.54) is 0 Å². The molecule has 8 heteroatoms. The predicted octanol–water partition coefficient (Wildman–Crippen LogP) is 4.53. The average Bonchev–Trinajstić information content (AvgIpc) is 3.28. The molecule has 2 aromatic carbocycles. The van der Waals surface area contributed by atoms with Crippen molar-refractivity contribution >= 4 is 17.5 Å². The van der Waals surface area contributed by atoms with E-state index in [1.54, 1.807) is 61.5 Å². The van der Waals surface area contributed by atoms with Gasteiger partial charge in [0.15, 0.2) is 0 Å². The number of pyridine rings is 1. The van der Waals surface area contributed by atoms with Crippen LogP contribution in [0.2, 0.25) is 5.02 Å². The van der Waals surface area contributed by atoms with Crippen molar-refractivity contribution in [3.63, 3.8) is 0 Å². The second-order valence-corrected chi connectivity index (χ2v) is 7.31. The lowest BCUT2D eigenvalue weighted by Gasteiger charge is -2.09. The maximum atomic E-state index is 13.1. The number of rotatable bonds is 7. The molecule has 4 rings (SSSR count). The monoisotopic (exact) mass is 448 g/mol. The quantitative estimate of drug-likeness (QED) is 0.449. The molecule has 0 saturated heterocycles. The Kier molecular flexibility index (Phi) is 6.37. The Morgan fingerprint density at radius 2 is 1.84 bits per heavy atom. The number of ether oxygens (including phenoxy) is 2. The van der Waals surface area contributed by atoms with Crippen molar-refractivity contribution in [2.75, 3.05) is 14.2 Å². The highest BCUT2D eigenvalue weighted by molar-refractivity contribution is 6.30. The molecular weight excluding hydrogens is 428 g/mol. The SMILES string of the molecule is COc1ccc(-c2cc(C(=O)NCc3ccccn3)n(-c3ccc(Cl)cc3)n2)c(OC)c1. The third-order valence-electron chi connectivity index (χ3n) is 4.85. The van der Waals surface area contributed by atoms with Gasteiger partial charge in [0.1, 0.15) is 17.2 Å². The van der Waals surface area contributed by atoms with Gasteiger partial charge in [0.25, 0.3) is 5.91 Å². The molecule has 32 heavy (non-hydrogen) atoms. The Morgan fingerprint density at radius 3 is 2.53 bits per heavy atom. The number of methoxy groups -OCH3 is 2. The summed E-state index contributed by atoms with van der Waals surface area (Å²) in [5.74, 6) is 0.971. The summed E-state index contributed by atoms with van der Waals surface area (Å²) in [6.45, 7) is 0.298. The Labute approximate surface area is 190 Å². The fourth-order valence-electron chi connectivity index (χ4n) is 3.23. The summed E-state index contributed by atoms with van der Waals surface area (Å²) >= 11 is 6.04. The van der Waals surface area contributed by atoms with Crippen LogP contribution >= 0.6 is 11.6 Å². The zero-order chi connectivity index (χ0) is 22.5. The normalized spacial score (nSPS) is 10.6.